The minimum atomic E-state index is 0.353. The molecule has 3 rings (SSSR count). The number of nitrogens with one attached hydrogen (secondary N) is 1. The van der Waals surface area contributed by atoms with Crippen LogP contribution in [0.1, 0.15) is 44.6 Å². The first-order chi connectivity index (χ1) is 9.81. The minimum Gasteiger partial charge on any atom is -0.454 e. The molecule has 0 spiro atoms. The summed E-state index contributed by atoms with van der Waals surface area (Å²) in [6.45, 7) is 4.78. The van der Waals surface area contributed by atoms with E-state index in [1.165, 1.54) is 37.7 Å². The Morgan fingerprint density at radius 3 is 3.00 bits per heavy atom. The van der Waals surface area contributed by atoms with E-state index in [9.17, 15) is 0 Å². The van der Waals surface area contributed by atoms with Crippen LogP contribution in [0.4, 0.5) is 0 Å². The normalized spacial score (nSPS) is 24.9. The van der Waals surface area contributed by atoms with E-state index < -0.39 is 0 Å². The second kappa shape index (κ2) is 6.49. The molecule has 1 aliphatic heterocycles. The Morgan fingerprint density at radius 1 is 1.20 bits per heavy atom. The maximum Gasteiger partial charge on any atom is 0.231 e. The molecule has 3 heteroatoms. The molecule has 1 fully saturated rings. The number of hydrogen-bond acceptors (Lipinski definition) is 3. The van der Waals surface area contributed by atoms with E-state index in [2.05, 4.69) is 24.4 Å². The van der Waals surface area contributed by atoms with Crippen molar-refractivity contribution in [3.63, 3.8) is 0 Å². The second-order valence-electron chi connectivity index (χ2n) is 6.29. The number of ether oxygens (including phenoxy) is 2. The first-order valence-electron chi connectivity index (χ1n) is 7.90. The summed E-state index contributed by atoms with van der Waals surface area (Å²) in [5.41, 5.74) is 1.27. The standard InChI is InChI=1S/C17H25NO2/c1-13-3-2-4-14(9-13)7-8-18-11-15-5-6-16-17(10-15)20-12-19-16/h5-6,10,13-14,18H,2-4,7-9,11-12H2,1H3. The Kier molecular flexibility index (Phi) is 4.46. The predicted octanol–water partition coefficient (Wildman–Crippen LogP) is 3.72. The van der Waals surface area contributed by atoms with E-state index >= 15 is 0 Å². The Morgan fingerprint density at radius 2 is 2.10 bits per heavy atom. The van der Waals surface area contributed by atoms with E-state index in [0.717, 1.165) is 36.4 Å². The van der Waals surface area contributed by atoms with Crippen LogP contribution >= 0.6 is 0 Å². The Bertz CT molecular complexity index is 447. The van der Waals surface area contributed by atoms with Gasteiger partial charge in [0.2, 0.25) is 6.79 Å². The summed E-state index contributed by atoms with van der Waals surface area (Å²) in [7, 11) is 0. The molecular formula is C17H25NO2. The van der Waals surface area contributed by atoms with Crippen LogP contribution in [-0.2, 0) is 6.54 Å². The lowest BCUT2D eigenvalue weighted by Crippen LogP contribution is -2.21. The molecule has 1 aromatic rings. The van der Waals surface area contributed by atoms with Crippen LogP contribution in [0, 0.1) is 11.8 Å². The summed E-state index contributed by atoms with van der Waals surface area (Å²) >= 11 is 0. The molecule has 1 aliphatic carbocycles. The van der Waals surface area contributed by atoms with Gasteiger partial charge in [-0.25, -0.2) is 0 Å². The van der Waals surface area contributed by atoms with E-state index in [0.29, 0.717) is 6.79 Å². The van der Waals surface area contributed by atoms with Gasteiger partial charge in [0.15, 0.2) is 11.5 Å². The third-order valence-electron chi connectivity index (χ3n) is 4.54. The highest BCUT2D eigenvalue weighted by molar-refractivity contribution is 5.44. The lowest BCUT2D eigenvalue weighted by Gasteiger charge is -2.26. The van der Waals surface area contributed by atoms with Crippen LogP contribution in [-0.4, -0.2) is 13.3 Å². The van der Waals surface area contributed by atoms with Crippen LogP contribution in [0.3, 0.4) is 0 Å². The van der Waals surface area contributed by atoms with Crippen molar-refractivity contribution in [1.29, 1.82) is 0 Å². The molecule has 20 heavy (non-hydrogen) atoms. The minimum absolute atomic E-state index is 0.353. The van der Waals surface area contributed by atoms with Crippen molar-refractivity contribution in [1.82, 2.24) is 5.32 Å². The van der Waals surface area contributed by atoms with Gasteiger partial charge in [-0.2, -0.15) is 0 Å². The summed E-state index contributed by atoms with van der Waals surface area (Å²) in [5.74, 6) is 3.61. The number of rotatable bonds is 5. The van der Waals surface area contributed by atoms with E-state index in [4.69, 9.17) is 9.47 Å². The molecule has 1 saturated carbocycles. The van der Waals surface area contributed by atoms with Crippen molar-refractivity contribution in [3.05, 3.63) is 23.8 Å². The molecule has 2 aliphatic rings. The maximum absolute atomic E-state index is 5.40. The number of benzene rings is 1. The molecule has 1 aromatic carbocycles. The zero-order chi connectivity index (χ0) is 13.8. The molecule has 110 valence electrons. The van der Waals surface area contributed by atoms with Gasteiger partial charge >= 0.3 is 0 Å². The molecule has 2 unspecified atom stereocenters. The first kappa shape index (κ1) is 13.7. The van der Waals surface area contributed by atoms with Gasteiger partial charge in [-0.1, -0.05) is 32.3 Å². The highest BCUT2D eigenvalue weighted by Gasteiger charge is 2.18. The average molecular weight is 275 g/mol. The summed E-state index contributed by atoms with van der Waals surface area (Å²) in [5, 5.41) is 3.56. The van der Waals surface area contributed by atoms with Crippen molar-refractivity contribution >= 4 is 0 Å². The van der Waals surface area contributed by atoms with Gasteiger partial charge in [-0.3, -0.25) is 0 Å². The molecule has 0 radical (unpaired) electrons. The van der Waals surface area contributed by atoms with Crippen LogP contribution in [0.5, 0.6) is 11.5 Å². The largest absolute Gasteiger partial charge is 0.454 e. The first-order valence-corrected chi connectivity index (χ1v) is 7.90. The summed E-state index contributed by atoms with van der Waals surface area (Å²) < 4.78 is 10.7. The number of fused-ring (bicyclic) bond motifs is 1. The van der Waals surface area contributed by atoms with Crippen molar-refractivity contribution in [2.75, 3.05) is 13.3 Å². The molecule has 2 atom stereocenters. The summed E-state index contributed by atoms with van der Waals surface area (Å²) in [4.78, 5) is 0. The van der Waals surface area contributed by atoms with E-state index in [-0.39, 0.29) is 0 Å². The Labute approximate surface area is 121 Å². The van der Waals surface area contributed by atoms with Gasteiger partial charge in [-0.15, -0.1) is 0 Å². The molecule has 0 bridgehead atoms. The lowest BCUT2D eigenvalue weighted by atomic mass is 9.81. The SMILES string of the molecule is CC1CCCC(CCNCc2ccc3c(c2)OCO3)C1. The van der Waals surface area contributed by atoms with E-state index in [1.807, 2.05) is 6.07 Å². The molecule has 0 aromatic heterocycles. The Hall–Kier alpha value is -1.22. The molecule has 1 N–H and O–H groups in total. The molecule has 1 heterocycles. The molecular weight excluding hydrogens is 250 g/mol. The van der Waals surface area contributed by atoms with Gasteiger partial charge in [0, 0.05) is 6.54 Å². The third-order valence-corrected chi connectivity index (χ3v) is 4.54. The fraction of sp³-hybridized carbons (Fsp3) is 0.647. The van der Waals surface area contributed by atoms with Crippen LogP contribution < -0.4 is 14.8 Å². The zero-order valence-electron chi connectivity index (χ0n) is 12.4. The smallest absolute Gasteiger partial charge is 0.231 e. The second-order valence-corrected chi connectivity index (χ2v) is 6.29. The molecule has 0 saturated heterocycles. The average Bonchev–Trinajstić information content (AvgIpc) is 2.91. The lowest BCUT2D eigenvalue weighted by molar-refractivity contribution is 0.174. The van der Waals surface area contributed by atoms with E-state index in [1.54, 1.807) is 0 Å². The predicted molar refractivity (Wildman–Crippen MR) is 80.0 cm³/mol. The monoisotopic (exact) mass is 275 g/mol. The summed E-state index contributed by atoms with van der Waals surface area (Å²) in [6, 6.07) is 6.20. The summed E-state index contributed by atoms with van der Waals surface area (Å²) in [6.07, 6.45) is 7.02. The van der Waals surface area contributed by atoms with Gasteiger partial charge < -0.3 is 14.8 Å². The van der Waals surface area contributed by atoms with Crippen molar-refractivity contribution in [3.8, 4) is 11.5 Å². The fourth-order valence-electron chi connectivity index (χ4n) is 3.41. The Balaban J connectivity index is 1.39. The highest BCUT2D eigenvalue weighted by atomic mass is 16.7. The van der Waals surface area contributed by atoms with Crippen LogP contribution in [0.2, 0.25) is 0 Å². The number of hydrogen-bond donors (Lipinski definition) is 1. The van der Waals surface area contributed by atoms with Gasteiger partial charge in [0.05, 0.1) is 0 Å². The van der Waals surface area contributed by atoms with Gasteiger partial charge in [-0.05, 0) is 48.9 Å². The molecule has 0 amide bonds. The topological polar surface area (TPSA) is 30.5 Å². The zero-order valence-corrected chi connectivity index (χ0v) is 12.4. The van der Waals surface area contributed by atoms with Crippen molar-refractivity contribution in [2.45, 2.75) is 45.6 Å². The van der Waals surface area contributed by atoms with Gasteiger partial charge in [0.25, 0.3) is 0 Å². The van der Waals surface area contributed by atoms with Crippen molar-refractivity contribution < 1.29 is 9.47 Å². The maximum atomic E-state index is 5.40. The van der Waals surface area contributed by atoms with Crippen molar-refractivity contribution in [2.24, 2.45) is 11.8 Å². The van der Waals surface area contributed by atoms with Crippen LogP contribution in [0.15, 0.2) is 18.2 Å². The van der Waals surface area contributed by atoms with Crippen LogP contribution in [0.25, 0.3) is 0 Å². The quantitative estimate of drug-likeness (QED) is 0.831. The highest BCUT2D eigenvalue weighted by Crippen LogP contribution is 2.32. The molecule has 3 nitrogen and oxygen atoms in total. The fourth-order valence-corrected chi connectivity index (χ4v) is 3.41. The third kappa shape index (κ3) is 3.45. The van der Waals surface area contributed by atoms with Gasteiger partial charge in [0.1, 0.15) is 0 Å².